The third kappa shape index (κ3) is 9.75. The van der Waals surface area contributed by atoms with Crippen LogP contribution >= 0.6 is 0 Å². The molecule has 3 aromatic carbocycles. The van der Waals surface area contributed by atoms with Crippen molar-refractivity contribution in [3.63, 3.8) is 0 Å². The van der Waals surface area contributed by atoms with E-state index in [9.17, 15) is 0 Å². The molecule has 4 rings (SSSR count). The Hall–Kier alpha value is -2.92. The molecule has 0 bridgehead atoms. The summed E-state index contributed by atoms with van der Waals surface area (Å²) < 4.78 is 24.0. The first-order valence-corrected chi connectivity index (χ1v) is 14.2. The van der Waals surface area contributed by atoms with Crippen molar-refractivity contribution >= 4 is 12.2 Å². The van der Waals surface area contributed by atoms with Crippen LogP contribution in [0.15, 0.2) is 78.9 Å². The first-order valence-electron chi connectivity index (χ1n) is 14.2. The maximum Gasteiger partial charge on any atom is 0.158 e. The van der Waals surface area contributed by atoms with E-state index in [1.807, 2.05) is 30.3 Å². The van der Waals surface area contributed by atoms with Gasteiger partial charge in [0, 0.05) is 6.61 Å². The smallest absolute Gasteiger partial charge is 0.158 e. The Balaban J connectivity index is 1.23. The van der Waals surface area contributed by atoms with Crippen LogP contribution in [0.4, 0.5) is 0 Å². The molecule has 1 heterocycles. The van der Waals surface area contributed by atoms with Crippen molar-refractivity contribution in [2.45, 2.75) is 70.9 Å². The number of hydrogen-bond acceptors (Lipinski definition) is 4. The minimum atomic E-state index is -0.150. The number of unbranched alkanes of at least 4 members (excludes halogenated alkanes) is 3. The SMILES string of the molecule is CCCCCCOc1ccc(/C=C/c2ccc(COCC(OC3CCCCO3)c3ccccc3)cc2)cc1. The van der Waals surface area contributed by atoms with Crippen molar-refractivity contribution in [2.75, 3.05) is 19.8 Å². The van der Waals surface area contributed by atoms with Crippen molar-refractivity contribution in [3.05, 3.63) is 101 Å². The maximum absolute atomic E-state index is 6.28. The van der Waals surface area contributed by atoms with Gasteiger partial charge in [-0.3, -0.25) is 0 Å². The van der Waals surface area contributed by atoms with Crippen molar-refractivity contribution in [1.29, 1.82) is 0 Å². The van der Waals surface area contributed by atoms with Gasteiger partial charge in [0.05, 0.1) is 19.8 Å². The van der Waals surface area contributed by atoms with Gasteiger partial charge in [-0.25, -0.2) is 0 Å². The highest BCUT2D eigenvalue weighted by Gasteiger charge is 2.21. The first kappa shape index (κ1) is 28.1. The second kappa shape index (κ2) is 16.1. The van der Waals surface area contributed by atoms with E-state index in [0.29, 0.717) is 13.2 Å². The molecule has 0 saturated carbocycles. The van der Waals surface area contributed by atoms with Gasteiger partial charge < -0.3 is 18.9 Å². The van der Waals surface area contributed by atoms with E-state index in [0.717, 1.165) is 66.9 Å². The van der Waals surface area contributed by atoms with Crippen LogP contribution in [0.1, 0.15) is 80.2 Å². The molecule has 3 aromatic rings. The van der Waals surface area contributed by atoms with Crippen molar-refractivity contribution in [2.24, 2.45) is 0 Å². The van der Waals surface area contributed by atoms with Crippen LogP contribution in [0, 0.1) is 0 Å². The average molecular weight is 515 g/mol. The van der Waals surface area contributed by atoms with E-state index in [1.165, 1.54) is 19.3 Å². The molecular weight excluding hydrogens is 472 g/mol. The lowest BCUT2D eigenvalue weighted by Gasteiger charge is -2.28. The third-order valence-electron chi connectivity index (χ3n) is 6.76. The number of ether oxygens (including phenoxy) is 4. The molecule has 202 valence electrons. The topological polar surface area (TPSA) is 36.9 Å². The summed E-state index contributed by atoms with van der Waals surface area (Å²) in [6.45, 7) is 4.82. The molecule has 0 N–H and O–H groups in total. The van der Waals surface area contributed by atoms with E-state index in [1.54, 1.807) is 0 Å². The zero-order valence-corrected chi connectivity index (χ0v) is 22.7. The van der Waals surface area contributed by atoms with Gasteiger partial charge in [0.2, 0.25) is 0 Å². The monoisotopic (exact) mass is 514 g/mol. The lowest BCUT2D eigenvalue weighted by Crippen LogP contribution is -2.26. The summed E-state index contributed by atoms with van der Waals surface area (Å²) in [5.74, 6) is 0.939. The Labute approximate surface area is 228 Å². The molecule has 1 aliphatic rings. The lowest BCUT2D eigenvalue weighted by molar-refractivity contribution is -0.200. The van der Waals surface area contributed by atoms with Crippen LogP contribution in [-0.4, -0.2) is 26.1 Å². The highest BCUT2D eigenvalue weighted by molar-refractivity contribution is 5.69. The van der Waals surface area contributed by atoms with Gasteiger partial charge in [0.25, 0.3) is 0 Å². The van der Waals surface area contributed by atoms with E-state index in [4.69, 9.17) is 18.9 Å². The molecule has 4 nitrogen and oxygen atoms in total. The molecule has 0 spiro atoms. The third-order valence-corrected chi connectivity index (χ3v) is 6.76. The fourth-order valence-corrected chi connectivity index (χ4v) is 4.48. The van der Waals surface area contributed by atoms with Gasteiger partial charge in [-0.1, -0.05) is 105 Å². The summed E-state index contributed by atoms with van der Waals surface area (Å²) in [5.41, 5.74) is 4.58. The molecule has 2 unspecified atom stereocenters. The summed E-state index contributed by atoms with van der Waals surface area (Å²) >= 11 is 0. The predicted octanol–water partition coefficient (Wildman–Crippen LogP) is 8.62. The van der Waals surface area contributed by atoms with Gasteiger partial charge in [-0.15, -0.1) is 0 Å². The second-order valence-electron chi connectivity index (χ2n) is 9.90. The molecule has 1 saturated heterocycles. The van der Waals surface area contributed by atoms with Crippen LogP contribution in [0.2, 0.25) is 0 Å². The molecule has 38 heavy (non-hydrogen) atoms. The van der Waals surface area contributed by atoms with Crippen LogP contribution in [0.3, 0.4) is 0 Å². The minimum Gasteiger partial charge on any atom is -0.494 e. The number of rotatable bonds is 15. The Kier molecular flexibility index (Phi) is 11.9. The van der Waals surface area contributed by atoms with Crippen molar-refractivity contribution in [3.8, 4) is 5.75 Å². The summed E-state index contributed by atoms with van der Waals surface area (Å²) in [7, 11) is 0. The van der Waals surface area contributed by atoms with Gasteiger partial charge in [0.1, 0.15) is 11.9 Å². The fraction of sp³-hybridized carbons (Fsp3) is 0.412. The number of benzene rings is 3. The van der Waals surface area contributed by atoms with Gasteiger partial charge in [-0.05, 0) is 60.1 Å². The summed E-state index contributed by atoms with van der Waals surface area (Å²) in [5, 5.41) is 0. The first-order chi connectivity index (χ1) is 18.8. The maximum atomic E-state index is 6.28. The van der Waals surface area contributed by atoms with Crippen LogP contribution in [0.5, 0.6) is 5.75 Å². The molecule has 2 atom stereocenters. The van der Waals surface area contributed by atoms with E-state index >= 15 is 0 Å². The van der Waals surface area contributed by atoms with E-state index in [2.05, 4.69) is 67.6 Å². The Bertz CT molecular complexity index is 1050. The Morgan fingerprint density at radius 3 is 2.26 bits per heavy atom. The highest BCUT2D eigenvalue weighted by Crippen LogP contribution is 2.25. The molecule has 1 aliphatic heterocycles. The number of hydrogen-bond donors (Lipinski definition) is 0. The summed E-state index contributed by atoms with van der Waals surface area (Å²) in [6.07, 6.45) is 12.1. The van der Waals surface area contributed by atoms with Gasteiger partial charge >= 0.3 is 0 Å². The molecule has 0 aromatic heterocycles. The van der Waals surface area contributed by atoms with Crippen LogP contribution in [0.25, 0.3) is 12.2 Å². The minimum absolute atomic E-state index is 0.139. The normalized spacial score (nSPS) is 16.5. The molecule has 1 fully saturated rings. The molecular formula is C34H42O4. The predicted molar refractivity (Wildman–Crippen MR) is 155 cm³/mol. The lowest BCUT2D eigenvalue weighted by atomic mass is 10.1. The fourth-order valence-electron chi connectivity index (χ4n) is 4.48. The Morgan fingerprint density at radius 2 is 1.58 bits per heavy atom. The molecule has 0 aliphatic carbocycles. The standard InChI is InChI=1S/C34H42O4/c1-2-3-4-9-24-36-32-22-20-29(21-23-32)15-14-28-16-18-30(19-17-28)26-35-27-33(31-11-6-5-7-12-31)38-34-13-8-10-25-37-34/h5-7,11-12,14-23,33-34H,2-4,8-10,13,24-27H2,1H3/b15-14+. The largest absolute Gasteiger partial charge is 0.494 e. The van der Waals surface area contributed by atoms with E-state index in [-0.39, 0.29) is 12.4 Å². The highest BCUT2D eigenvalue weighted by atomic mass is 16.7. The van der Waals surface area contributed by atoms with Crippen LogP contribution < -0.4 is 4.74 Å². The molecule has 0 radical (unpaired) electrons. The summed E-state index contributed by atoms with van der Waals surface area (Å²) in [6, 6.07) is 27.1. The molecule has 0 amide bonds. The zero-order valence-electron chi connectivity index (χ0n) is 22.7. The molecule has 4 heteroatoms. The summed E-state index contributed by atoms with van der Waals surface area (Å²) in [4.78, 5) is 0. The van der Waals surface area contributed by atoms with Crippen molar-refractivity contribution in [1.82, 2.24) is 0 Å². The van der Waals surface area contributed by atoms with Gasteiger partial charge in [-0.2, -0.15) is 0 Å². The Morgan fingerprint density at radius 1 is 0.842 bits per heavy atom. The average Bonchev–Trinajstić information content (AvgIpc) is 2.98. The van der Waals surface area contributed by atoms with Crippen molar-refractivity contribution < 1.29 is 18.9 Å². The zero-order chi connectivity index (χ0) is 26.3. The van der Waals surface area contributed by atoms with E-state index < -0.39 is 0 Å². The van der Waals surface area contributed by atoms with Gasteiger partial charge in [0.15, 0.2) is 6.29 Å². The quantitative estimate of drug-likeness (QED) is 0.150. The second-order valence-corrected chi connectivity index (χ2v) is 9.90. The van der Waals surface area contributed by atoms with Crippen LogP contribution in [-0.2, 0) is 20.8 Å².